The van der Waals surface area contributed by atoms with Crippen molar-refractivity contribution >= 4 is 11.5 Å². The molecule has 0 saturated heterocycles. The van der Waals surface area contributed by atoms with Crippen LogP contribution in [-0.2, 0) is 0 Å². The van der Waals surface area contributed by atoms with Crippen molar-refractivity contribution in [2.45, 2.75) is 20.0 Å². The molecule has 3 aromatic rings. The number of benzene rings is 1. The number of fused-ring (bicyclic) bond motifs is 1. The molecule has 0 aliphatic rings. The minimum atomic E-state index is -0.577. The van der Waals surface area contributed by atoms with E-state index in [9.17, 15) is 5.11 Å². The first-order valence-electron chi connectivity index (χ1n) is 7.22. The van der Waals surface area contributed by atoms with E-state index in [1.54, 1.807) is 0 Å². The van der Waals surface area contributed by atoms with Gasteiger partial charge in [-0.1, -0.05) is 29.8 Å². The van der Waals surface area contributed by atoms with Crippen LogP contribution >= 0.6 is 0 Å². The lowest BCUT2D eigenvalue weighted by Gasteiger charge is -2.24. The zero-order valence-corrected chi connectivity index (χ0v) is 12.6. The van der Waals surface area contributed by atoms with Gasteiger partial charge >= 0.3 is 0 Å². The molecule has 0 aliphatic heterocycles. The van der Waals surface area contributed by atoms with Gasteiger partial charge in [0.1, 0.15) is 0 Å². The second kappa shape index (κ2) is 6.07. The van der Waals surface area contributed by atoms with Gasteiger partial charge in [-0.05, 0) is 42.0 Å². The summed E-state index contributed by atoms with van der Waals surface area (Å²) >= 11 is 0. The highest BCUT2D eigenvalue weighted by atomic mass is 16.3. The SMILES string of the molecule is CCN(CC(O)c1ccc(C)cc1)c1ccc2nnnn2n1. The number of rotatable bonds is 5. The number of aromatic nitrogens is 5. The van der Waals surface area contributed by atoms with E-state index in [4.69, 9.17) is 0 Å². The number of anilines is 1. The number of hydrogen-bond acceptors (Lipinski definition) is 6. The van der Waals surface area contributed by atoms with Crippen LogP contribution in [0.3, 0.4) is 0 Å². The van der Waals surface area contributed by atoms with Crippen molar-refractivity contribution in [2.24, 2.45) is 0 Å². The van der Waals surface area contributed by atoms with E-state index >= 15 is 0 Å². The van der Waals surface area contributed by atoms with Crippen molar-refractivity contribution in [3.63, 3.8) is 0 Å². The molecule has 2 aromatic heterocycles. The second-order valence-electron chi connectivity index (χ2n) is 5.18. The first-order chi connectivity index (χ1) is 10.7. The third-order valence-electron chi connectivity index (χ3n) is 3.62. The van der Waals surface area contributed by atoms with Gasteiger partial charge in [0.05, 0.1) is 6.10 Å². The molecular formula is C15H18N6O. The third-order valence-corrected chi connectivity index (χ3v) is 3.62. The quantitative estimate of drug-likeness (QED) is 0.767. The summed E-state index contributed by atoms with van der Waals surface area (Å²) in [5.74, 6) is 0.730. The summed E-state index contributed by atoms with van der Waals surface area (Å²) in [6.07, 6.45) is -0.577. The standard InChI is InChI=1S/C15H18N6O/c1-3-20(10-13(22)12-6-4-11(2)5-7-12)15-9-8-14-16-18-19-21(14)17-15/h4-9,13,22H,3,10H2,1-2H3. The van der Waals surface area contributed by atoms with Crippen LogP contribution in [0.5, 0.6) is 0 Å². The fraction of sp³-hybridized carbons (Fsp3) is 0.333. The molecule has 0 radical (unpaired) electrons. The van der Waals surface area contributed by atoms with E-state index in [2.05, 4.69) is 20.6 Å². The number of tetrazole rings is 1. The summed E-state index contributed by atoms with van der Waals surface area (Å²) in [6.45, 7) is 5.23. The molecule has 2 heterocycles. The average molecular weight is 298 g/mol. The Bertz CT molecular complexity index is 754. The lowest BCUT2D eigenvalue weighted by Crippen LogP contribution is -2.29. The minimum absolute atomic E-state index is 0.459. The minimum Gasteiger partial charge on any atom is -0.387 e. The monoisotopic (exact) mass is 298 g/mol. The number of likely N-dealkylation sites (N-methyl/N-ethyl adjacent to an activating group) is 1. The summed E-state index contributed by atoms with van der Waals surface area (Å²) in [6, 6.07) is 11.6. The van der Waals surface area contributed by atoms with E-state index in [0.29, 0.717) is 12.2 Å². The highest BCUT2D eigenvalue weighted by molar-refractivity contribution is 5.44. The fourth-order valence-corrected chi connectivity index (χ4v) is 2.30. The Morgan fingerprint density at radius 2 is 1.95 bits per heavy atom. The topological polar surface area (TPSA) is 79.4 Å². The molecule has 22 heavy (non-hydrogen) atoms. The van der Waals surface area contributed by atoms with Gasteiger partial charge in [-0.2, -0.15) is 0 Å². The molecule has 0 aliphatic carbocycles. The molecule has 1 unspecified atom stereocenters. The Morgan fingerprint density at radius 1 is 1.18 bits per heavy atom. The predicted molar refractivity (Wildman–Crippen MR) is 82.6 cm³/mol. The van der Waals surface area contributed by atoms with Crippen molar-refractivity contribution in [3.05, 3.63) is 47.5 Å². The van der Waals surface area contributed by atoms with Gasteiger partial charge in [0, 0.05) is 13.1 Å². The molecule has 7 heteroatoms. The predicted octanol–water partition coefficient (Wildman–Crippen LogP) is 1.39. The number of nitrogens with zero attached hydrogens (tertiary/aromatic N) is 6. The van der Waals surface area contributed by atoms with Gasteiger partial charge in [0.15, 0.2) is 11.5 Å². The second-order valence-corrected chi connectivity index (χ2v) is 5.18. The Balaban J connectivity index is 1.79. The van der Waals surface area contributed by atoms with Crippen molar-refractivity contribution in [3.8, 4) is 0 Å². The molecule has 7 nitrogen and oxygen atoms in total. The normalized spacial score (nSPS) is 12.5. The van der Waals surface area contributed by atoms with Crippen molar-refractivity contribution in [1.82, 2.24) is 25.3 Å². The van der Waals surface area contributed by atoms with E-state index in [1.807, 2.05) is 55.1 Å². The Hall–Kier alpha value is -2.54. The van der Waals surface area contributed by atoms with Crippen LogP contribution in [0.1, 0.15) is 24.2 Å². The summed E-state index contributed by atoms with van der Waals surface area (Å²) in [5, 5.41) is 26.0. The number of aryl methyl sites for hydroxylation is 1. The molecule has 114 valence electrons. The molecular weight excluding hydrogens is 280 g/mol. The average Bonchev–Trinajstić information content (AvgIpc) is 3.00. The van der Waals surface area contributed by atoms with Crippen LogP contribution in [-0.4, -0.2) is 43.5 Å². The van der Waals surface area contributed by atoms with Crippen LogP contribution in [0.25, 0.3) is 5.65 Å². The van der Waals surface area contributed by atoms with Gasteiger partial charge in [-0.25, -0.2) is 0 Å². The molecule has 0 saturated carbocycles. The fourth-order valence-electron chi connectivity index (χ4n) is 2.30. The molecule has 3 rings (SSSR count). The van der Waals surface area contributed by atoms with Gasteiger partial charge in [-0.3, -0.25) is 0 Å². The van der Waals surface area contributed by atoms with Crippen LogP contribution in [0.15, 0.2) is 36.4 Å². The molecule has 0 fully saturated rings. The number of aliphatic hydroxyl groups is 1. The van der Waals surface area contributed by atoms with Crippen LogP contribution in [0.4, 0.5) is 5.82 Å². The highest BCUT2D eigenvalue weighted by Gasteiger charge is 2.15. The van der Waals surface area contributed by atoms with E-state index < -0.39 is 6.10 Å². The summed E-state index contributed by atoms with van der Waals surface area (Å²) in [4.78, 5) is 1.99. The Labute approximate surface area is 128 Å². The van der Waals surface area contributed by atoms with Crippen LogP contribution in [0.2, 0.25) is 0 Å². The van der Waals surface area contributed by atoms with Gasteiger partial charge in [-0.15, -0.1) is 14.8 Å². The van der Waals surface area contributed by atoms with Gasteiger partial charge in [0.25, 0.3) is 0 Å². The Kier molecular flexibility index (Phi) is 3.97. The van der Waals surface area contributed by atoms with E-state index in [-0.39, 0.29) is 0 Å². The third kappa shape index (κ3) is 2.89. The van der Waals surface area contributed by atoms with E-state index in [1.165, 1.54) is 10.2 Å². The molecule has 0 spiro atoms. The van der Waals surface area contributed by atoms with Gasteiger partial charge in [0.2, 0.25) is 0 Å². The van der Waals surface area contributed by atoms with E-state index in [0.717, 1.165) is 17.9 Å². The Morgan fingerprint density at radius 3 is 2.68 bits per heavy atom. The van der Waals surface area contributed by atoms with Crippen LogP contribution < -0.4 is 4.90 Å². The van der Waals surface area contributed by atoms with Gasteiger partial charge < -0.3 is 10.0 Å². The van der Waals surface area contributed by atoms with Crippen molar-refractivity contribution in [2.75, 3.05) is 18.0 Å². The molecule has 0 bridgehead atoms. The summed E-state index contributed by atoms with van der Waals surface area (Å²) in [7, 11) is 0. The summed E-state index contributed by atoms with van der Waals surface area (Å²) < 4.78 is 1.39. The molecule has 1 aromatic carbocycles. The van der Waals surface area contributed by atoms with Crippen molar-refractivity contribution < 1.29 is 5.11 Å². The summed E-state index contributed by atoms with van der Waals surface area (Å²) in [5.41, 5.74) is 2.67. The number of aliphatic hydroxyl groups excluding tert-OH is 1. The highest BCUT2D eigenvalue weighted by Crippen LogP contribution is 2.18. The number of hydrogen-bond donors (Lipinski definition) is 1. The molecule has 1 atom stereocenters. The molecule has 0 amide bonds. The maximum atomic E-state index is 10.4. The maximum absolute atomic E-state index is 10.4. The lowest BCUT2D eigenvalue weighted by atomic mass is 10.1. The molecule has 1 N–H and O–H groups in total. The first kappa shape index (κ1) is 14.4. The zero-order chi connectivity index (χ0) is 15.5. The maximum Gasteiger partial charge on any atom is 0.200 e. The van der Waals surface area contributed by atoms with Crippen LogP contribution in [0, 0.1) is 6.92 Å². The lowest BCUT2D eigenvalue weighted by molar-refractivity contribution is 0.183. The first-order valence-corrected chi connectivity index (χ1v) is 7.22. The smallest absolute Gasteiger partial charge is 0.200 e. The zero-order valence-electron chi connectivity index (χ0n) is 12.6. The van der Waals surface area contributed by atoms with Crippen molar-refractivity contribution in [1.29, 1.82) is 0 Å². The largest absolute Gasteiger partial charge is 0.387 e.